The lowest BCUT2D eigenvalue weighted by atomic mass is 10.2. The number of pyridine rings is 1. The number of hydrogen-bond donors (Lipinski definition) is 1. The van der Waals surface area contributed by atoms with Gasteiger partial charge < -0.3 is 10.0 Å². The van der Waals surface area contributed by atoms with Gasteiger partial charge in [0, 0.05) is 13.1 Å². The van der Waals surface area contributed by atoms with Gasteiger partial charge in [0.05, 0.1) is 17.6 Å². The molecule has 1 aromatic rings. The van der Waals surface area contributed by atoms with Gasteiger partial charge in [-0.05, 0) is 19.9 Å². The van der Waals surface area contributed by atoms with Crippen LogP contribution in [-0.2, 0) is 0 Å². The number of nitrogens with zero attached hydrogens (tertiary/aromatic N) is 3. The molecule has 0 aliphatic heterocycles. The molecule has 1 unspecified atom stereocenters. The maximum Gasteiger partial charge on any atom is 0.290 e. The van der Waals surface area contributed by atoms with Crippen LogP contribution in [-0.4, -0.2) is 34.7 Å². The SMILES string of the molecule is Cc1nc(N(C)C(C)CO)ccc1[N+](=O)[O-]. The third kappa shape index (κ3) is 2.46. The van der Waals surface area contributed by atoms with Gasteiger partial charge in [-0.25, -0.2) is 4.98 Å². The minimum absolute atomic E-state index is 0.00815. The summed E-state index contributed by atoms with van der Waals surface area (Å²) in [7, 11) is 1.79. The molecule has 6 heteroatoms. The van der Waals surface area contributed by atoms with Crippen LogP contribution >= 0.6 is 0 Å². The van der Waals surface area contributed by atoms with E-state index in [9.17, 15) is 10.1 Å². The van der Waals surface area contributed by atoms with E-state index >= 15 is 0 Å². The number of aryl methyl sites for hydroxylation is 1. The summed E-state index contributed by atoms with van der Waals surface area (Å²) in [5.74, 6) is 0.615. The van der Waals surface area contributed by atoms with Crippen molar-refractivity contribution in [2.75, 3.05) is 18.6 Å². The van der Waals surface area contributed by atoms with Crippen LogP contribution < -0.4 is 4.90 Å². The summed E-state index contributed by atoms with van der Waals surface area (Å²) in [6.07, 6.45) is 0. The van der Waals surface area contributed by atoms with Crippen molar-refractivity contribution in [3.8, 4) is 0 Å². The second-order valence-electron chi connectivity index (χ2n) is 3.67. The molecule has 88 valence electrons. The second-order valence-corrected chi connectivity index (χ2v) is 3.67. The molecule has 0 saturated carbocycles. The van der Waals surface area contributed by atoms with Gasteiger partial charge in [-0.2, -0.15) is 0 Å². The molecule has 1 atom stereocenters. The van der Waals surface area contributed by atoms with Crippen LogP contribution in [0.15, 0.2) is 12.1 Å². The smallest absolute Gasteiger partial charge is 0.290 e. The monoisotopic (exact) mass is 225 g/mol. The van der Waals surface area contributed by atoms with E-state index in [1.165, 1.54) is 6.07 Å². The van der Waals surface area contributed by atoms with E-state index in [0.717, 1.165) is 0 Å². The van der Waals surface area contributed by atoms with Crippen molar-refractivity contribution in [1.82, 2.24) is 4.98 Å². The number of hydrogen-bond acceptors (Lipinski definition) is 5. The van der Waals surface area contributed by atoms with Gasteiger partial charge in [-0.15, -0.1) is 0 Å². The molecule has 0 aromatic carbocycles. The topological polar surface area (TPSA) is 79.5 Å². The highest BCUT2D eigenvalue weighted by Gasteiger charge is 2.15. The molecule has 0 aliphatic carbocycles. The van der Waals surface area contributed by atoms with Crippen LogP contribution in [0.25, 0.3) is 0 Å². The number of aliphatic hydroxyl groups excluding tert-OH is 1. The van der Waals surface area contributed by atoms with Crippen LogP contribution in [0.2, 0.25) is 0 Å². The second kappa shape index (κ2) is 4.89. The molecule has 0 saturated heterocycles. The largest absolute Gasteiger partial charge is 0.394 e. The molecule has 0 fully saturated rings. The Labute approximate surface area is 93.7 Å². The first-order valence-electron chi connectivity index (χ1n) is 4.93. The van der Waals surface area contributed by atoms with Crippen molar-refractivity contribution >= 4 is 11.5 Å². The van der Waals surface area contributed by atoms with Crippen molar-refractivity contribution in [2.45, 2.75) is 19.9 Å². The predicted molar refractivity (Wildman–Crippen MR) is 60.6 cm³/mol. The van der Waals surface area contributed by atoms with Gasteiger partial charge in [-0.3, -0.25) is 10.1 Å². The highest BCUT2D eigenvalue weighted by atomic mass is 16.6. The van der Waals surface area contributed by atoms with Crippen LogP contribution in [0, 0.1) is 17.0 Å². The Kier molecular flexibility index (Phi) is 3.78. The van der Waals surface area contributed by atoms with Crippen molar-refractivity contribution in [3.05, 3.63) is 27.9 Å². The Bertz CT molecular complexity index is 395. The van der Waals surface area contributed by atoms with E-state index in [4.69, 9.17) is 5.11 Å². The average molecular weight is 225 g/mol. The molecular formula is C10H15N3O3. The Morgan fingerprint density at radius 1 is 1.62 bits per heavy atom. The van der Waals surface area contributed by atoms with Gasteiger partial charge in [-0.1, -0.05) is 0 Å². The van der Waals surface area contributed by atoms with Crippen LogP contribution in [0.4, 0.5) is 11.5 Å². The zero-order valence-electron chi connectivity index (χ0n) is 9.54. The lowest BCUT2D eigenvalue weighted by Gasteiger charge is -2.24. The fourth-order valence-electron chi connectivity index (χ4n) is 1.28. The van der Waals surface area contributed by atoms with Gasteiger partial charge in [0.2, 0.25) is 0 Å². The number of nitro groups is 1. The first-order valence-corrected chi connectivity index (χ1v) is 4.93. The lowest BCUT2D eigenvalue weighted by molar-refractivity contribution is -0.385. The van der Waals surface area contributed by atoms with Crippen LogP contribution in [0.5, 0.6) is 0 Å². The van der Waals surface area contributed by atoms with E-state index in [1.54, 1.807) is 24.9 Å². The summed E-state index contributed by atoms with van der Waals surface area (Å²) in [4.78, 5) is 16.1. The number of rotatable bonds is 4. The normalized spacial score (nSPS) is 12.2. The summed E-state index contributed by atoms with van der Waals surface area (Å²) >= 11 is 0. The number of aliphatic hydroxyl groups is 1. The fraction of sp³-hybridized carbons (Fsp3) is 0.500. The average Bonchev–Trinajstić information content (AvgIpc) is 2.26. The molecular weight excluding hydrogens is 210 g/mol. The molecule has 0 bridgehead atoms. The molecule has 1 rings (SSSR count). The minimum atomic E-state index is -0.457. The van der Waals surface area contributed by atoms with E-state index in [2.05, 4.69) is 4.98 Å². The fourth-order valence-corrected chi connectivity index (χ4v) is 1.28. The number of likely N-dealkylation sites (N-methyl/N-ethyl adjacent to an activating group) is 1. The zero-order chi connectivity index (χ0) is 12.3. The van der Waals surface area contributed by atoms with E-state index in [-0.39, 0.29) is 18.3 Å². The Hall–Kier alpha value is -1.69. The van der Waals surface area contributed by atoms with E-state index < -0.39 is 4.92 Å². The molecule has 1 heterocycles. The maximum atomic E-state index is 10.6. The predicted octanol–water partition coefficient (Wildman–Crippen LogP) is 1.12. The number of anilines is 1. The highest BCUT2D eigenvalue weighted by molar-refractivity contribution is 5.46. The Balaban J connectivity index is 3.01. The first kappa shape index (κ1) is 12.4. The van der Waals surface area contributed by atoms with Gasteiger partial charge >= 0.3 is 0 Å². The Morgan fingerprint density at radius 2 is 2.25 bits per heavy atom. The van der Waals surface area contributed by atoms with Crippen molar-refractivity contribution in [1.29, 1.82) is 0 Å². The van der Waals surface area contributed by atoms with E-state index in [0.29, 0.717) is 11.5 Å². The summed E-state index contributed by atoms with van der Waals surface area (Å²) in [6, 6.07) is 2.93. The molecule has 6 nitrogen and oxygen atoms in total. The molecule has 0 amide bonds. The number of aromatic nitrogens is 1. The molecule has 1 N–H and O–H groups in total. The molecule has 1 aromatic heterocycles. The summed E-state index contributed by atoms with van der Waals surface area (Å²) in [5.41, 5.74) is 0.383. The Morgan fingerprint density at radius 3 is 2.69 bits per heavy atom. The standard InChI is InChI=1S/C10H15N3O3/c1-7(6-14)12(3)10-5-4-9(13(15)16)8(2)11-10/h4-5,7,14H,6H2,1-3H3. The zero-order valence-corrected chi connectivity index (χ0v) is 9.54. The highest BCUT2D eigenvalue weighted by Crippen LogP contribution is 2.20. The first-order chi connectivity index (χ1) is 7.47. The summed E-state index contributed by atoms with van der Waals surface area (Å²) in [6.45, 7) is 3.45. The quantitative estimate of drug-likeness (QED) is 0.613. The molecule has 0 aliphatic rings. The summed E-state index contributed by atoms with van der Waals surface area (Å²) in [5, 5.41) is 19.6. The van der Waals surface area contributed by atoms with Gasteiger partial charge in [0.1, 0.15) is 11.5 Å². The van der Waals surface area contributed by atoms with Crippen LogP contribution in [0.3, 0.4) is 0 Å². The van der Waals surface area contributed by atoms with E-state index in [1.807, 2.05) is 6.92 Å². The van der Waals surface area contributed by atoms with Crippen molar-refractivity contribution < 1.29 is 10.0 Å². The van der Waals surface area contributed by atoms with Crippen LogP contribution in [0.1, 0.15) is 12.6 Å². The van der Waals surface area contributed by atoms with Crippen molar-refractivity contribution in [2.24, 2.45) is 0 Å². The third-order valence-electron chi connectivity index (χ3n) is 2.53. The van der Waals surface area contributed by atoms with Gasteiger partial charge in [0.25, 0.3) is 5.69 Å². The molecule has 0 radical (unpaired) electrons. The summed E-state index contributed by atoms with van der Waals surface area (Å²) < 4.78 is 0. The molecule has 0 spiro atoms. The van der Waals surface area contributed by atoms with Crippen molar-refractivity contribution in [3.63, 3.8) is 0 Å². The lowest BCUT2D eigenvalue weighted by Crippen LogP contribution is -2.32. The third-order valence-corrected chi connectivity index (χ3v) is 2.53. The maximum absolute atomic E-state index is 10.6. The minimum Gasteiger partial charge on any atom is -0.394 e. The molecule has 16 heavy (non-hydrogen) atoms. The van der Waals surface area contributed by atoms with Gasteiger partial charge in [0.15, 0.2) is 0 Å².